The molecule has 0 amide bonds. The minimum absolute atomic E-state index is 0.0147. The van der Waals surface area contributed by atoms with Crippen molar-refractivity contribution in [2.45, 2.75) is 233 Å². The van der Waals surface area contributed by atoms with Crippen LogP contribution in [0.2, 0.25) is 0 Å². The summed E-state index contributed by atoms with van der Waals surface area (Å²) in [5.74, 6) is 2.59. The maximum atomic E-state index is 11.5. The van der Waals surface area contributed by atoms with Crippen molar-refractivity contribution in [3.63, 3.8) is 0 Å². The van der Waals surface area contributed by atoms with Crippen LogP contribution in [0.1, 0.15) is 92.4 Å². The summed E-state index contributed by atoms with van der Waals surface area (Å²) in [6.45, 7) is 9.45. The van der Waals surface area contributed by atoms with E-state index in [1.54, 1.807) is 0 Å². The summed E-state index contributed by atoms with van der Waals surface area (Å²) in [6.07, 6.45) is -21.6. The van der Waals surface area contributed by atoms with E-state index in [0.717, 1.165) is 51.6 Å². The van der Waals surface area contributed by atoms with Crippen LogP contribution in [0, 0.1) is 46.3 Å². The Kier molecular flexibility index (Phi) is 16.0. The van der Waals surface area contributed by atoms with Gasteiger partial charge in [-0.25, -0.2) is 0 Å². The van der Waals surface area contributed by atoms with Crippen molar-refractivity contribution in [2.24, 2.45) is 46.3 Å². The third kappa shape index (κ3) is 9.42. The highest BCUT2D eigenvalue weighted by molar-refractivity contribution is 5.26. The lowest BCUT2D eigenvalue weighted by Crippen LogP contribution is -2.67. The number of aliphatic hydroxyl groups excluding tert-OH is 12. The smallest absolute Gasteiger partial charge is 0.187 e. The first-order valence-electron chi connectivity index (χ1n) is 26.9. The van der Waals surface area contributed by atoms with Crippen LogP contribution < -0.4 is 0 Å². The van der Waals surface area contributed by atoms with E-state index in [-0.39, 0.29) is 23.0 Å². The van der Waals surface area contributed by atoms with E-state index in [1.165, 1.54) is 12.5 Å². The predicted molar refractivity (Wildman–Crippen MR) is 247 cm³/mol. The summed E-state index contributed by atoms with van der Waals surface area (Å²) >= 11 is 0. The SMILES string of the molecule is C[C@@H]1CC[C@]2(OC1)O[C@@H]1C[C@@H]3[C@H]4CC=C5C[C@@H](O[C@H]6O[C@@H](CO)[C@H](O[C@H]7O[C@@H](CO)[C@H](O[C@H]8O[C@@H](C)[C@H](O[C@H]9O[C@@H](CO)[C@H](O)[C@@H](O)[C@@H]9O)[C@@H](O)[C@@H]8O)[C@@H](O)[C@@H]7O)[C@@H](O)[C@@H]6O)CC[C@]5(C)[C@@H]4CC[C@@]3(C)[C@@H]1[C@H]2C. The van der Waals surface area contributed by atoms with Crippen LogP contribution in [0.25, 0.3) is 0 Å². The van der Waals surface area contributed by atoms with E-state index in [9.17, 15) is 61.3 Å². The van der Waals surface area contributed by atoms with Crippen molar-refractivity contribution >= 4 is 0 Å². The molecule has 6 aliphatic heterocycles. The van der Waals surface area contributed by atoms with Gasteiger partial charge in [0.2, 0.25) is 0 Å². The highest BCUT2D eigenvalue weighted by atomic mass is 16.8. The van der Waals surface area contributed by atoms with Gasteiger partial charge >= 0.3 is 0 Å². The summed E-state index contributed by atoms with van der Waals surface area (Å²) in [6, 6.07) is 0. The van der Waals surface area contributed by atoms with Crippen LogP contribution in [0.4, 0.5) is 0 Å². The largest absolute Gasteiger partial charge is 0.394 e. The van der Waals surface area contributed by atoms with Gasteiger partial charge in [0, 0.05) is 12.3 Å². The molecular weight excluding hydrogens is 965 g/mol. The van der Waals surface area contributed by atoms with E-state index in [2.05, 4.69) is 33.8 Å². The van der Waals surface area contributed by atoms with Gasteiger partial charge in [-0.3, -0.25) is 0 Å². The molecule has 6 saturated heterocycles. The first kappa shape index (κ1) is 55.2. The molecule has 0 aromatic carbocycles. The van der Waals surface area contributed by atoms with Crippen LogP contribution in [-0.4, -0.2) is 229 Å². The van der Waals surface area contributed by atoms with Gasteiger partial charge in [-0.1, -0.05) is 39.3 Å². The molecule has 22 nitrogen and oxygen atoms in total. The van der Waals surface area contributed by atoms with Gasteiger partial charge in [-0.2, -0.15) is 0 Å². The zero-order valence-corrected chi connectivity index (χ0v) is 42.4. The van der Waals surface area contributed by atoms with Crippen LogP contribution in [-0.2, 0) is 47.4 Å². The molecule has 418 valence electrons. The molecule has 9 fully saturated rings. The van der Waals surface area contributed by atoms with Gasteiger partial charge < -0.3 is 109 Å². The van der Waals surface area contributed by atoms with Crippen molar-refractivity contribution in [1.29, 1.82) is 0 Å². The number of aliphatic hydroxyl groups is 12. The van der Waals surface area contributed by atoms with Crippen LogP contribution in [0.3, 0.4) is 0 Å². The van der Waals surface area contributed by atoms with Gasteiger partial charge in [0.05, 0.1) is 44.7 Å². The summed E-state index contributed by atoms with van der Waals surface area (Å²) < 4.78 is 60.4. The Bertz CT molecular complexity index is 1920. The standard InChI is InChI=1S/C51H82O22/c1-20-8-13-51(64-19-20)21(2)32-28(73-51)15-27-25-7-6-23-14-24(9-11-49(23,4)26(25)10-12-50(27,32)5)66-46-40(62)36(58)44(30(17-53)68-46)72-48-41(63)37(59)43(31(18-54)69-48)71-45-39(61)35(57)42(22(3)65-45)70-47-38(60)34(56)33(55)29(16-52)67-47/h6,20-22,24-48,52-63H,7-19H2,1-5H3/t20-,21-,22+,24+,25+,26-,27-,28-,29+,30+,31+,32-,33+,34-,35+,36+,37+,38+,39+,40+,41+,42+,43+,44+,45-,46+,47-,48-,49+,50-,51+/m1/s1. The van der Waals surface area contributed by atoms with Gasteiger partial charge in [0.25, 0.3) is 0 Å². The Balaban J connectivity index is 0.733. The van der Waals surface area contributed by atoms with Gasteiger partial charge in [0.1, 0.15) is 91.6 Å². The lowest BCUT2D eigenvalue weighted by molar-refractivity contribution is -0.387. The molecule has 0 aromatic heterocycles. The Hall–Kier alpha value is -1.14. The zero-order valence-electron chi connectivity index (χ0n) is 42.4. The number of fused-ring (bicyclic) bond motifs is 7. The number of ether oxygens (including phenoxy) is 10. The molecule has 4 aliphatic carbocycles. The molecule has 0 bridgehead atoms. The minimum Gasteiger partial charge on any atom is -0.394 e. The van der Waals surface area contributed by atoms with Gasteiger partial charge in [0.15, 0.2) is 30.9 Å². The molecule has 12 N–H and O–H groups in total. The Labute approximate surface area is 425 Å². The first-order valence-corrected chi connectivity index (χ1v) is 26.9. The molecular formula is C51H82O22. The second kappa shape index (κ2) is 21.2. The predicted octanol–water partition coefficient (Wildman–Crippen LogP) is -1.96. The van der Waals surface area contributed by atoms with Gasteiger partial charge in [-0.05, 0) is 98.7 Å². The van der Waals surface area contributed by atoms with Crippen LogP contribution in [0.15, 0.2) is 11.6 Å². The van der Waals surface area contributed by atoms with Crippen molar-refractivity contribution in [3.05, 3.63) is 11.6 Å². The summed E-state index contributed by atoms with van der Waals surface area (Å²) in [4.78, 5) is 0. The maximum Gasteiger partial charge on any atom is 0.187 e. The second-order valence-corrected chi connectivity index (χ2v) is 23.9. The fraction of sp³-hybridized carbons (Fsp3) is 0.961. The molecule has 73 heavy (non-hydrogen) atoms. The second-order valence-electron chi connectivity index (χ2n) is 23.9. The van der Waals surface area contributed by atoms with Crippen molar-refractivity contribution < 1.29 is 109 Å². The van der Waals surface area contributed by atoms with E-state index >= 15 is 0 Å². The molecule has 10 aliphatic rings. The molecule has 0 radical (unpaired) electrons. The monoisotopic (exact) mass is 1050 g/mol. The fourth-order valence-electron chi connectivity index (χ4n) is 15.6. The molecule has 0 unspecified atom stereocenters. The number of allylic oxidation sites excluding steroid dienone is 1. The van der Waals surface area contributed by atoms with Crippen molar-refractivity contribution in [2.75, 3.05) is 26.4 Å². The number of hydrogen-bond donors (Lipinski definition) is 12. The highest BCUT2D eigenvalue weighted by Crippen LogP contribution is 2.71. The molecule has 1 spiro atoms. The molecule has 3 saturated carbocycles. The summed E-state index contributed by atoms with van der Waals surface area (Å²) in [7, 11) is 0. The van der Waals surface area contributed by atoms with E-state index in [1.807, 2.05) is 0 Å². The lowest BCUT2D eigenvalue weighted by Gasteiger charge is -2.58. The third-order valence-electron chi connectivity index (χ3n) is 19.8. The first-order chi connectivity index (χ1) is 34.7. The summed E-state index contributed by atoms with van der Waals surface area (Å²) in [5, 5.41) is 129. The average molecular weight is 1050 g/mol. The van der Waals surface area contributed by atoms with E-state index in [4.69, 9.17) is 47.4 Å². The van der Waals surface area contributed by atoms with Crippen molar-refractivity contribution in [1.82, 2.24) is 0 Å². The lowest BCUT2D eigenvalue weighted by atomic mass is 9.47. The fourth-order valence-corrected chi connectivity index (χ4v) is 15.6. The third-order valence-corrected chi connectivity index (χ3v) is 19.8. The molecule has 0 aromatic rings. The highest BCUT2D eigenvalue weighted by Gasteiger charge is 2.69. The molecule has 6 heterocycles. The van der Waals surface area contributed by atoms with Gasteiger partial charge in [-0.15, -0.1) is 0 Å². The maximum absolute atomic E-state index is 11.5. The number of hydrogen-bond acceptors (Lipinski definition) is 22. The minimum atomic E-state index is -1.95. The van der Waals surface area contributed by atoms with E-state index in [0.29, 0.717) is 48.3 Å². The van der Waals surface area contributed by atoms with E-state index < -0.39 is 148 Å². The quantitative estimate of drug-likeness (QED) is 0.1000. The summed E-state index contributed by atoms with van der Waals surface area (Å²) in [5.41, 5.74) is 1.52. The topological polar surface area (TPSA) is 335 Å². The molecule has 10 rings (SSSR count). The van der Waals surface area contributed by atoms with Crippen molar-refractivity contribution in [3.8, 4) is 0 Å². The Morgan fingerprint density at radius 2 is 1.12 bits per heavy atom. The van der Waals surface area contributed by atoms with Crippen LogP contribution >= 0.6 is 0 Å². The average Bonchev–Trinajstić information content (AvgIpc) is 3.82. The normalized spacial score (nSPS) is 57.1. The Morgan fingerprint density at radius 3 is 1.71 bits per heavy atom. The Morgan fingerprint density at radius 1 is 0.575 bits per heavy atom. The van der Waals surface area contributed by atoms with Crippen LogP contribution in [0.5, 0.6) is 0 Å². The zero-order chi connectivity index (χ0) is 52.2. The number of rotatable bonds is 11. The molecule has 31 atom stereocenters. The molecule has 22 heteroatoms.